The Balaban J connectivity index is -0.000000253. The van der Waals surface area contributed by atoms with Crippen molar-refractivity contribution in [2.45, 2.75) is 178 Å². The van der Waals surface area contributed by atoms with Crippen LogP contribution < -0.4 is 0 Å². The molecule has 2 radical (unpaired) electrons. The fourth-order valence-electron chi connectivity index (χ4n) is 9.46. The first kappa shape index (κ1) is 146. The molecule has 786 valence electrons. The molecule has 0 unspecified atom stereocenters. The van der Waals surface area contributed by atoms with E-state index in [2.05, 4.69) is 192 Å². The number of carbonyl (C=O) groups excluding carboxylic acids is 8. The molecule has 0 aliphatic rings. The molecule has 12 aromatic rings. The number of nitrogens with zero attached hydrogens (tertiary/aromatic N) is 12. The first-order valence-corrected chi connectivity index (χ1v) is 47.8. The maximum absolute atomic E-state index is 10.7. The van der Waals surface area contributed by atoms with E-state index in [1.54, 1.807) is 24.3 Å². The fourth-order valence-corrected chi connectivity index (χ4v) is 9.46. The van der Waals surface area contributed by atoms with Crippen molar-refractivity contribution in [1.29, 1.82) is 21.0 Å². The maximum Gasteiger partial charge on any atom is 3.00 e. The van der Waals surface area contributed by atoms with E-state index in [-0.39, 0.29) is 85.2 Å². The molecule has 6 aromatic carbocycles. The second-order valence-corrected chi connectivity index (χ2v) is 36.8. The van der Waals surface area contributed by atoms with Gasteiger partial charge in [-0.3, -0.25) is 39.7 Å². The van der Waals surface area contributed by atoms with Gasteiger partial charge in [0.15, 0.2) is 0 Å². The zero-order valence-electron chi connectivity index (χ0n) is 80.2. The van der Waals surface area contributed by atoms with Gasteiger partial charge in [-0.2, -0.15) is 21.0 Å². The molecule has 50 heteroatoms. The maximum atomic E-state index is 9.87. The molecule has 6 heterocycles. The number of halogens is 24. The summed E-state index contributed by atoms with van der Waals surface area (Å²) < 4.78 is 237. The molecular weight excluding hydrogens is 2180 g/mol. The molecule has 0 aliphatic heterocycles. The van der Waals surface area contributed by atoms with Crippen molar-refractivity contribution in [2.75, 3.05) is 0 Å². The summed E-state index contributed by atoms with van der Waals surface area (Å²) in [4.78, 5) is 109. The van der Waals surface area contributed by atoms with E-state index in [1.165, 1.54) is 203 Å². The number of fused-ring (bicyclic) bond motifs is 6. The Morgan fingerprint density at radius 2 is 0.289 bits per heavy atom. The van der Waals surface area contributed by atoms with Crippen LogP contribution in [0.2, 0.25) is 0 Å². The minimum Gasteiger partial charge on any atom is -0.286 e. The molecule has 0 spiro atoms. The number of benzene rings is 6. The number of hydrogen-bond acceptors (Lipinski definition) is 20. The van der Waals surface area contributed by atoms with Crippen LogP contribution in [0.25, 0.3) is 64.6 Å². The van der Waals surface area contributed by atoms with Crippen molar-refractivity contribution in [3.8, 4) is 24.3 Å². The Bertz CT molecular complexity index is 5150. The van der Waals surface area contributed by atoms with Crippen LogP contribution in [0.4, 0.5) is 101 Å². The predicted octanol–water partition coefficient (Wildman–Crippen LogP) is 33.5. The van der Waals surface area contributed by atoms with Crippen LogP contribution in [0.15, 0.2) is 219 Å². The number of carbonyl (C=O) groups is 8. The SMILES string of the molecule is CC#N.CC#N.CC#N.CC#N.CC(C)=O.CC(C)=O.CC(C)=O.CC(C)=O.CC(C)=O.CC(C)=O.CC(C)=O.CC(C)=O.F[P-](F)(F)(F)(F)F.F[P-](F)(F)(F)(F)F.F[P-](F)(F)(F)(F)F.F[P-](F)(F)(F)(F)F.[Ru+3].[Ru+3].c1ccc2c(CN(Cc3nccc4ccccc34)Cc3nccc4ccccc34)nccc2c1.c1ccc2c(CN(Cc3nccc4ccccc34)Cc3nccc4ccccc34)nccc2c1. The summed E-state index contributed by atoms with van der Waals surface area (Å²) in [6.45, 7) is 34.4. The van der Waals surface area contributed by atoms with Crippen LogP contribution in [-0.4, -0.2) is 86.0 Å². The summed E-state index contributed by atoms with van der Waals surface area (Å²) in [5.74, 6) is 1.33. The van der Waals surface area contributed by atoms with Crippen LogP contribution in [0.5, 0.6) is 0 Å². The number of aromatic nitrogens is 6. The van der Waals surface area contributed by atoms with Gasteiger partial charge in [-0.1, -0.05) is 146 Å². The van der Waals surface area contributed by atoms with Crippen molar-refractivity contribution in [3.63, 3.8) is 0 Å². The molecule has 0 saturated heterocycles. The van der Waals surface area contributed by atoms with E-state index in [1.807, 2.05) is 37.2 Å². The van der Waals surface area contributed by atoms with E-state index in [0.717, 1.165) is 34.2 Å². The summed E-state index contributed by atoms with van der Waals surface area (Å²) in [6.07, 6.45) is 11.4. The second kappa shape index (κ2) is 62.7. The van der Waals surface area contributed by atoms with Gasteiger partial charge in [0, 0.05) is 136 Å². The minimum atomic E-state index is -10.7. The standard InChI is InChI=1S/2C30H24N4.8C3H6O.4C2H3N.4F6P.2Ru/c2*1-4-10-25-22(7-1)13-16-31-28(25)19-34(20-29-26-11-5-2-8-23(26)14-17-32-29)21-30-27-12-6-3-9-24(27)15-18-33-30;8*1-3(2)4;4*1-2-3;4*1-7(2,3,4,5)6;;/h2*1-18H,19-21H2;8*1-2H3;4*1H3;;;;;;/q;;;;;;;;;;;;;;4*-1;2*+3. The van der Waals surface area contributed by atoms with Gasteiger partial charge in [0.05, 0.1) is 58.4 Å². The number of nitriles is 4. The molecule has 6 aromatic heterocycles. The normalized spacial score (nSPS) is 11.8. The Morgan fingerprint density at radius 1 is 0.211 bits per heavy atom. The van der Waals surface area contributed by atoms with Gasteiger partial charge in [-0.05, 0) is 179 Å². The molecule has 0 aliphatic carbocycles. The van der Waals surface area contributed by atoms with E-state index in [0.29, 0.717) is 39.3 Å². The second-order valence-electron chi connectivity index (χ2n) is 29.2. The summed E-state index contributed by atoms with van der Waals surface area (Å²) in [5, 5.41) is 43.6. The third-order valence-corrected chi connectivity index (χ3v) is 12.8. The topological polar surface area (TPSA) is 316 Å². The molecule has 0 saturated carbocycles. The van der Waals surface area contributed by atoms with E-state index >= 15 is 0 Å². The average molecular weight is 2290 g/mol. The Hall–Kier alpha value is -11.7. The van der Waals surface area contributed by atoms with Crippen molar-refractivity contribution in [3.05, 3.63) is 253 Å². The summed E-state index contributed by atoms with van der Waals surface area (Å²) in [6, 6.07) is 70.1. The van der Waals surface area contributed by atoms with Gasteiger partial charge in [0.2, 0.25) is 0 Å². The molecule has 20 nitrogen and oxygen atoms in total. The monoisotopic (exact) mass is 2290 g/mol. The molecule has 0 bridgehead atoms. The molecular formula is C92H108F24N12O8P4Ru2+2. The van der Waals surface area contributed by atoms with Crippen LogP contribution >= 0.6 is 31.2 Å². The van der Waals surface area contributed by atoms with Gasteiger partial charge >= 0.3 is 171 Å². The Kier molecular flexibility index (Phi) is 64.3. The van der Waals surface area contributed by atoms with Crippen LogP contribution in [0.1, 0.15) is 173 Å². The van der Waals surface area contributed by atoms with Crippen molar-refractivity contribution in [1.82, 2.24) is 39.7 Å². The molecule has 0 amide bonds. The Morgan fingerprint density at radius 3 is 0.373 bits per heavy atom. The number of Topliss-reactive ketones (excluding diaryl/α,β-unsaturated/α-hetero) is 8. The number of pyridine rings is 6. The first-order chi connectivity index (χ1) is 63.0. The van der Waals surface area contributed by atoms with Gasteiger partial charge in [0.25, 0.3) is 0 Å². The summed E-state index contributed by atoms with van der Waals surface area (Å²) in [7, 11) is -42.6. The number of ketones is 8. The van der Waals surface area contributed by atoms with E-state index in [9.17, 15) is 139 Å². The van der Waals surface area contributed by atoms with Gasteiger partial charge < -0.3 is 38.4 Å². The van der Waals surface area contributed by atoms with Crippen LogP contribution in [0, 0.1) is 45.3 Å². The quantitative estimate of drug-likeness (QED) is 0.0623. The van der Waals surface area contributed by atoms with Crippen molar-refractivity contribution < 1.29 is 178 Å². The molecule has 0 N–H and O–H groups in total. The molecule has 12 rings (SSSR count). The van der Waals surface area contributed by atoms with Crippen LogP contribution in [-0.2, 0) is 117 Å². The Labute approximate surface area is 831 Å². The van der Waals surface area contributed by atoms with E-state index in [4.69, 9.17) is 51.0 Å². The van der Waals surface area contributed by atoms with E-state index < -0.39 is 31.2 Å². The smallest absolute Gasteiger partial charge is 0.286 e. The van der Waals surface area contributed by atoms with Crippen LogP contribution in [0.3, 0.4) is 0 Å². The van der Waals surface area contributed by atoms with Gasteiger partial charge in [-0.25, -0.2) is 0 Å². The molecule has 0 atom stereocenters. The number of rotatable bonds is 12. The summed E-state index contributed by atoms with van der Waals surface area (Å²) in [5.41, 5.74) is 6.41. The molecule has 0 fully saturated rings. The third-order valence-electron chi connectivity index (χ3n) is 12.8. The van der Waals surface area contributed by atoms with Crippen molar-refractivity contribution >= 4 is 142 Å². The number of hydrogen-bond donors (Lipinski definition) is 0. The predicted molar refractivity (Wildman–Crippen MR) is 507 cm³/mol. The van der Waals surface area contributed by atoms with Gasteiger partial charge in [-0.15, -0.1) is 0 Å². The first-order valence-electron chi connectivity index (χ1n) is 39.7. The molecule has 142 heavy (non-hydrogen) atoms. The zero-order valence-corrected chi connectivity index (χ0v) is 87.3. The summed E-state index contributed by atoms with van der Waals surface area (Å²) >= 11 is 0. The van der Waals surface area contributed by atoms with Crippen molar-refractivity contribution in [2.24, 2.45) is 0 Å². The third kappa shape index (κ3) is 109. The average Bonchev–Trinajstić information content (AvgIpc) is 0.791. The minimum absolute atomic E-state index is 0. The fraction of sp³-hybridized carbons (Fsp3) is 0.283. The largest absolute Gasteiger partial charge is 3.00 e. The van der Waals surface area contributed by atoms with Gasteiger partial charge in [0.1, 0.15) is 46.3 Å². The zero-order chi connectivity index (χ0) is 111.